The standard InChI is InChI=1S/C32H36Cl2N4O5S2/c1-4-43-28-21-26(44(2)40)13-14-27(28)31-35-29(22-5-9-24(33)10-6-22)30(23-7-11-25(34)12-8-23)38(31)32(39)37-17-15-36(16-18-37)19-20-45(3,41)42/h5-14,21,29-30H,4,15-20H2,1-3H3. The zero-order chi connectivity index (χ0) is 32.3. The van der Waals surface area contributed by atoms with Crippen molar-refractivity contribution >= 4 is 56.1 Å². The molecule has 5 rings (SSSR count). The second-order valence-corrected chi connectivity index (χ2v) is 15.6. The number of sulfone groups is 1. The Morgan fingerprint density at radius 2 is 1.58 bits per heavy atom. The predicted octanol–water partition coefficient (Wildman–Crippen LogP) is 5.46. The summed E-state index contributed by atoms with van der Waals surface area (Å²) in [5.41, 5.74) is 2.34. The van der Waals surface area contributed by atoms with Crippen LogP contribution in [0.5, 0.6) is 5.75 Å². The monoisotopic (exact) mass is 690 g/mol. The molecule has 0 aliphatic carbocycles. The number of halogens is 2. The zero-order valence-corrected chi connectivity index (χ0v) is 28.5. The van der Waals surface area contributed by atoms with Crippen molar-refractivity contribution in [2.45, 2.75) is 23.9 Å². The molecule has 0 spiro atoms. The van der Waals surface area contributed by atoms with Crippen LogP contribution in [-0.2, 0) is 21.0 Å². The SMILES string of the molecule is CCOc1cc([S+](C)[O-])ccc1C1=NC(c2ccc(Cl)cc2)C(c2ccc(Cl)cc2)N1C(=O)N1CCN(CCS(C)(=O)=O)CC1. The van der Waals surface area contributed by atoms with Crippen LogP contribution in [0.3, 0.4) is 0 Å². The smallest absolute Gasteiger partial charge is 0.326 e. The Kier molecular flexibility index (Phi) is 10.7. The van der Waals surface area contributed by atoms with Gasteiger partial charge in [-0.25, -0.2) is 13.2 Å². The van der Waals surface area contributed by atoms with Crippen molar-refractivity contribution in [1.82, 2.24) is 14.7 Å². The van der Waals surface area contributed by atoms with Crippen LogP contribution in [0.25, 0.3) is 0 Å². The van der Waals surface area contributed by atoms with Gasteiger partial charge in [0.15, 0.2) is 4.90 Å². The van der Waals surface area contributed by atoms with E-state index in [0.717, 1.165) is 11.1 Å². The molecular formula is C32H36Cl2N4O5S2. The maximum Gasteiger partial charge on any atom is 0.326 e. The molecule has 2 aliphatic heterocycles. The largest absolute Gasteiger partial charge is 0.612 e. The van der Waals surface area contributed by atoms with Gasteiger partial charge in [0.05, 0.1) is 24.0 Å². The van der Waals surface area contributed by atoms with Crippen molar-refractivity contribution < 1.29 is 22.5 Å². The number of ether oxygens (including phenoxy) is 1. The molecule has 13 heteroatoms. The fourth-order valence-electron chi connectivity index (χ4n) is 5.61. The van der Waals surface area contributed by atoms with Gasteiger partial charge in [0, 0.05) is 55.1 Å². The van der Waals surface area contributed by atoms with E-state index in [-0.39, 0.29) is 11.8 Å². The number of amidine groups is 1. The predicted molar refractivity (Wildman–Crippen MR) is 180 cm³/mol. The van der Waals surface area contributed by atoms with E-state index in [0.29, 0.717) is 71.4 Å². The van der Waals surface area contributed by atoms with Crippen molar-refractivity contribution in [1.29, 1.82) is 0 Å². The van der Waals surface area contributed by atoms with Crippen molar-refractivity contribution in [3.63, 3.8) is 0 Å². The number of hydrogen-bond donors (Lipinski definition) is 0. The van der Waals surface area contributed by atoms with E-state index in [9.17, 15) is 17.8 Å². The Bertz CT molecular complexity index is 1640. The van der Waals surface area contributed by atoms with E-state index in [2.05, 4.69) is 4.90 Å². The first-order valence-corrected chi connectivity index (χ1v) is 19.0. The Morgan fingerprint density at radius 1 is 0.978 bits per heavy atom. The molecule has 45 heavy (non-hydrogen) atoms. The lowest BCUT2D eigenvalue weighted by Crippen LogP contribution is -2.54. The first-order chi connectivity index (χ1) is 21.4. The molecule has 1 saturated heterocycles. The summed E-state index contributed by atoms with van der Waals surface area (Å²) in [5.74, 6) is 1.000. The molecule has 2 aliphatic rings. The molecule has 3 aromatic rings. The average molecular weight is 692 g/mol. The van der Waals surface area contributed by atoms with Crippen LogP contribution < -0.4 is 4.74 Å². The molecule has 1 fully saturated rings. The van der Waals surface area contributed by atoms with Gasteiger partial charge in [0.1, 0.15) is 33.7 Å². The highest BCUT2D eigenvalue weighted by molar-refractivity contribution is 7.91. The average Bonchev–Trinajstić information content (AvgIpc) is 3.40. The Hall–Kier alpha value is -2.80. The Labute approximate surface area is 277 Å². The van der Waals surface area contributed by atoms with Gasteiger partial charge in [-0.3, -0.25) is 14.8 Å². The summed E-state index contributed by atoms with van der Waals surface area (Å²) >= 11 is 11.3. The second-order valence-electron chi connectivity index (χ2n) is 11.1. The summed E-state index contributed by atoms with van der Waals surface area (Å²) < 4.78 is 41.9. The number of nitrogens with zero attached hydrogens (tertiary/aromatic N) is 4. The summed E-state index contributed by atoms with van der Waals surface area (Å²) in [4.78, 5) is 26.1. The van der Waals surface area contributed by atoms with E-state index in [1.807, 2.05) is 49.4 Å². The first kappa shape index (κ1) is 33.6. The van der Waals surface area contributed by atoms with E-state index >= 15 is 0 Å². The molecule has 0 aromatic heterocycles. The molecule has 3 unspecified atom stereocenters. The molecule has 0 bridgehead atoms. The van der Waals surface area contributed by atoms with Crippen LogP contribution in [0.4, 0.5) is 4.79 Å². The van der Waals surface area contributed by atoms with Crippen LogP contribution >= 0.6 is 23.2 Å². The van der Waals surface area contributed by atoms with Gasteiger partial charge in [-0.05, 0) is 65.6 Å². The van der Waals surface area contributed by atoms with Crippen LogP contribution in [-0.4, -0.2) is 97.1 Å². The summed E-state index contributed by atoms with van der Waals surface area (Å²) in [6.45, 7) is 4.62. The van der Waals surface area contributed by atoms with Crippen LogP contribution in [0, 0.1) is 0 Å². The maximum absolute atomic E-state index is 14.7. The molecule has 0 N–H and O–H groups in total. The highest BCUT2D eigenvalue weighted by Crippen LogP contribution is 2.45. The quantitative estimate of drug-likeness (QED) is 0.276. The lowest BCUT2D eigenvalue weighted by molar-refractivity contribution is 0.122. The number of amides is 2. The van der Waals surface area contributed by atoms with E-state index in [1.165, 1.54) is 6.26 Å². The Balaban J connectivity index is 1.59. The third-order valence-corrected chi connectivity index (χ3v) is 10.3. The number of benzene rings is 3. The van der Waals surface area contributed by atoms with Gasteiger partial charge in [0.25, 0.3) is 0 Å². The number of piperazine rings is 1. The van der Waals surface area contributed by atoms with Crippen molar-refractivity contribution in [2.75, 3.05) is 57.6 Å². The third kappa shape index (κ3) is 7.96. The number of aliphatic imine (C=N–C) groups is 1. The maximum atomic E-state index is 14.7. The topological polar surface area (TPSA) is 106 Å². The first-order valence-electron chi connectivity index (χ1n) is 14.6. The minimum absolute atomic E-state index is 0.0735. The summed E-state index contributed by atoms with van der Waals surface area (Å²) in [7, 11) is -3.09. The van der Waals surface area contributed by atoms with Crippen LogP contribution in [0.15, 0.2) is 76.6 Å². The van der Waals surface area contributed by atoms with Gasteiger partial charge in [-0.2, -0.15) is 0 Å². The molecule has 0 radical (unpaired) electrons. The van der Waals surface area contributed by atoms with Gasteiger partial charge in [0.2, 0.25) is 0 Å². The zero-order valence-electron chi connectivity index (χ0n) is 25.4. The van der Waals surface area contributed by atoms with Gasteiger partial charge >= 0.3 is 6.03 Å². The molecule has 9 nitrogen and oxygen atoms in total. The Morgan fingerprint density at radius 3 is 2.13 bits per heavy atom. The number of hydrogen-bond acceptors (Lipinski definition) is 7. The lowest BCUT2D eigenvalue weighted by atomic mass is 9.93. The lowest BCUT2D eigenvalue weighted by Gasteiger charge is -2.39. The summed E-state index contributed by atoms with van der Waals surface area (Å²) in [5, 5.41) is 1.17. The van der Waals surface area contributed by atoms with Crippen molar-refractivity contribution in [3.8, 4) is 5.75 Å². The van der Waals surface area contributed by atoms with E-state index in [4.69, 9.17) is 32.9 Å². The highest BCUT2D eigenvalue weighted by atomic mass is 35.5. The number of urea groups is 1. The van der Waals surface area contributed by atoms with E-state index < -0.39 is 33.1 Å². The third-order valence-electron chi connectivity index (χ3n) is 7.94. The van der Waals surface area contributed by atoms with Gasteiger partial charge in [-0.1, -0.05) is 47.5 Å². The van der Waals surface area contributed by atoms with Crippen molar-refractivity contribution in [2.24, 2.45) is 4.99 Å². The summed E-state index contributed by atoms with van der Waals surface area (Å²) in [6.07, 6.45) is 2.84. The van der Waals surface area contributed by atoms with Crippen molar-refractivity contribution in [3.05, 3.63) is 93.5 Å². The minimum atomic E-state index is -3.09. The molecule has 3 atom stereocenters. The van der Waals surface area contributed by atoms with Crippen LogP contribution in [0.2, 0.25) is 10.0 Å². The molecule has 2 heterocycles. The number of rotatable bonds is 9. The minimum Gasteiger partial charge on any atom is -0.612 e. The molecular weight excluding hydrogens is 655 g/mol. The number of carbonyl (C=O) groups is 1. The molecule has 0 saturated carbocycles. The molecule has 240 valence electrons. The number of carbonyl (C=O) groups excluding carboxylic acids is 1. The molecule has 3 aromatic carbocycles. The van der Waals surface area contributed by atoms with Gasteiger partial charge in [-0.15, -0.1) is 0 Å². The van der Waals surface area contributed by atoms with Gasteiger partial charge < -0.3 is 14.2 Å². The van der Waals surface area contributed by atoms with Crippen LogP contribution in [0.1, 0.15) is 35.7 Å². The normalized spacial score (nSPS) is 19.8. The fourth-order valence-corrected chi connectivity index (χ4v) is 6.98. The second kappa shape index (κ2) is 14.3. The van der Waals surface area contributed by atoms with E-state index in [1.54, 1.807) is 40.3 Å². The molecule has 2 amide bonds. The summed E-state index contributed by atoms with van der Waals surface area (Å²) in [6, 6.07) is 19.0. The highest BCUT2D eigenvalue weighted by Gasteiger charge is 2.45. The fraction of sp³-hybridized carbons (Fsp3) is 0.375.